The first kappa shape index (κ1) is 16.4. The van der Waals surface area contributed by atoms with Crippen LogP contribution in [0.5, 0.6) is 0 Å². The third kappa shape index (κ3) is 5.56. The molecular formula is C13H21N3O3S. The summed E-state index contributed by atoms with van der Waals surface area (Å²) >= 11 is 0. The van der Waals surface area contributed by atoms with Gasteiger partial charge in [-0.25, -0.2) is 0 Å². The molecule has 0 saturated carbocycles. The van der Waals surface area contributed by atoms with Gasteiger partial charge in [0.05, 0.1) is 4.92 Å². The molecule has 0 radical (unpaired) electrons. The molecule has 20 heavy (non-hydrogen) atoms. The third-order valence-electron chi connectivity index (χ3n) is 2.76. The highest BCUT2D eigenvalue weighted by molar-refractivity contribution is 7.84. The van der Waals surface area contributed by atoms with E-state index in [1.807, 2.05) is 19.9 Å². The Bertz CT molecular complexity index is 494. The summed E-state index contributed by atoms with van der Waals surface area (Å²) in [5.74, 6) is 0.614. The van der Waals surface area contributed by atoms with Crippen LogP contribution in [0, 0.1) is 10.1 Å². The van der Waals surface area contributed by atoms with Gasteiger partial charge in [0.2, 0.25) is 0 Å². The van der Waals surface area contributed by atoms with Crippen LogP contribution in [0.2, 0.25) is 0 Å². The first-order chi connectivity index (χ1) is 9.42. The zero-order chi connectivity index (χ0) is 15.1. The van der Waals surface area contributed by atoms with Crippen molar-refractivity contribution in [2.24, 2.45) is 0 Å². The standard InChI is InChI=1S/C13H21N3O3S/c1-4-14-11-7-12(9-13(8-11)16(17)18)15-10(2)5-6-20(3)19/h7-10,14-15H,4-6H2,1-3H3. The Kier molecular flexibility index (Phi) is 6.44. The van der Waals surface area contributed by atoms with Crippen LogP contribution in [-0.4, -0.2) is 33.7 Å². The molecule has 112 valence electrons. The van der Waals surface area contributed by atoms with Gasteiger partial charge < -0.3 is 10.6 Å². The summed E-state index contributed by atoms with van der Waals surface area (Å²) in [6.45, 7) is 4.61. The van der Waals surface area contributed by atoms with Crippen molar-refractivity contribution in [3.63, 3.8) is 0 Å². The molecule has 0 fully saturated rings. The van der Waals surface area contributed by atoms with Crippen molar-refractivity contribution in [1.29, 1.82) is 0 Å². The van der Waals surface area contributed by atoms with Crippen LogP contribution >= 0.6 is 0 Å². The molecule has 1 aromatic rings. The lowest BCUT2D eigenvalue weighted by Gasteiger charge is -2.15. The molecule has 7 heteroatoms. The molecule has 2 atom stereocenters. The fourth-order valence-electron chi connectivity index (χ4n) is 1.81. The lowest BCUT2D eigenvalue weighted by atomic mass is 10.2. The number of rotatable bonds is 8. The summed E-state index contributed by atoms with van der Waals surface area (Å²) in [6, 6.07) is 4.98. The Morgan fingerprint density at radius 2 is 2.00 bits per heavy atom. The number of non-ortho nitro benzene ring substituents is 1. The van der Waals surface area contributed by atoms with Crippen LogP contribution < -0.4 is 10.6 Å². The normalized spacial score (nSPS) is 13.6. The maximum atomic E-state index is 11.1. The molecule has 1 rings (SSSR count). The van der Waals surface area contributed by atoms with E-state index >= 15 is 0 Å². The first-order valence-electron chi connectivity index (χ1n) is 6.52. The molecule has 0 aliphatic rings. The molecule has 0 amide bonds. The fourth-order valence-corrected chi connectivity index (χ4v) is 2.49. The molecule has 0 saturated heterocycles. The van der Waals surface area contributed by atoms with Gasteiger partial charge in [0.15, 0.2) is 0 Å². The Balaban J connectivity index is 2.82. The second-order valence-corrected chi connectivity index (χ2v) is 6.22. The van der Waals surface area contributed by atoms with Crippen molar-refractivity contribution in [2.75, 3.05) is 29.2 Å². The number of nitro groups is 1. The topological polar surface area (TPSA) is 84.3 Å². The lowest BCUT2D eigenvalue weighted by Crippen LogP contribution is -2.18. The number of anilines is 2. The van der Waals surface area contributed by atoms with Crippen LogP contribution in [0.1, 0.15) is 20.3 Å². The first-order valence-corrected chi connectivity index (χ1v) is 8.25. The van der Waals surface area contributed by atoms with Crippen LogP contribution in [0.25, 0.3) is 0 Å². The van der Waals surface area contributed by atoms with Crippen molar-refractivity contribution in [3.05, 3.63) is 28.3 Å². The number of nitrogens with one attached hydrogen (secondary N) is 2. The van der Waals surface area contributed by atoms with Crippen molar-refractivity contribution in [1.82, 2.24) is 0 Å². The summed E-state index contributed by atoms with van der Waals surface area (Å²) in [5.41, 5.74) is 1.47. The minimum Gasteiger partial charge on any atom is -0.385 e. The van der Waals surface area contributed by atoms with Crippen molar-refractivity contribution < 1.29 is 9.13 Å². The highest BCUT2D eigenvalue weighted by Gasteiger charge is 2.11. The molecule has 2 N–H and O–H groups in total. The Labute approximate surface area is 121 Å². The highest BCUT2D eigenvalue weighted by atomic mass is 32.2. The summed E-state index contributed by atoms with van der Waals surface area (Å²) in [4.78, 5) is 10.5. The monoisotopic (exact) mass is 299 g/mol. The molecule has 2 unspecified atom stereocenters. The predicted octanol–water partition coefficient (Wildman–Crippen LogP) is 2.60. The van der Waals surface area contributed by atoms with E-state index in [4.69, 9.17) is 0 Å². The molecule has 0 aliphatic carbocycles. The van der Waals surface area contributed by atoms with Crippen molar-refractivity contribution >= 4 is 27.9 Å². The molecule has 0 heterocycles. The van der Waals surface area contributed by atoms with E-state index in [0.717, 1.165) is 12.1 Å². The molecule has 0 spiro atoms. The lowest BCUT2D eigenvalue weighted by molar-refractivity contribution is -0.384. The van der Waals surface area contributed by atoms with Crippen molar-refractivity contribution in [2.45, 2.75) is 26.3 Å². The van der Waals surface area contributed by atoms with Gasteiger partial charge >= 0.3 is 0 Å². The minimum absolute atomic E-state index is 0.0530. The van der Waals surface area contributed by atoms with Gasteiger partial charge in [-0.15, -0.1) is 0 Å². The smallest absolute Gasteiger partial charge is 0.273 e. The van der Waals surface area contributed by atoms with Gasteiger partial charge in [0, 0.05) is 58.9 Å². The summed E-state index contributed by atoms with van der Waals surface area (Å²) < 4.78 is 11.1. The highest BCUT2D eigenvalue weighted by Crippen LogP contribution is 2.25. The number of benzene rings is 1. The fraction of sp³-hybridized carbons (Fsp3) is 0.538. The molecule has 1 aromatic carbocycles. The number of nitrogens with zero attached hydrogens (tertiary/aromatic N) is 1. The largest absolute Gasteiger partial charge is 0.385 e. The van der Waals surface area contributed by atoms with E-state index in [2.05, 4.69) is 10.6 Å². The molecular weight excluding hydrogens is 278 g/mol. The Hall–Kier alpha value is -1.63. The average Bonchev–Trinajstić information content (AvgIpc) is 2.36. The number of hydrogen-bond acceptors (Lipinski definition) is 5. The van der Waals surface area contributed by atoms with Crippen LogP contribution in [0.15, 0.2) is 18.2 Å². The van der Waals surface area contributed by atoms with Crippen LogP contribution in [0.4, 0.5) is 17.1 Å². The SMILES string of the molecule is CCNc1cc(NC(C)CCS(C)=O)cc([N+](=O)[O-])c1. The minimum atomic E-state index is -0.824. The maximum absolute atomic E-state index is 11.1. The number of hydrogen-bond donors (Lipinski definition) is 2. The second-order valence-electron chi connectivity index (χ2n) is 4.67. The van der Waals surface area contributed by atoms with Crippen LogP contribution in [0.3, 0.4) is 0 Å². The van der Waals surface area contributed by atoms with Crippen LogP contribution in [-0.2, 0) is 10.8 Å². The van der Waals surface area contributed by atoms with E-state index in [0.29, 0.717) is 18.0 Å². The van der Waals surface area contributed by atoms with Gasteiger partial charge in [-0.2, -0.15) is 0 Å². The predicted molar refractivity (Wildman–Crippen MR) is 83.9 cm³/mol. The summed E-state index contributed by atoms with van der Waals surface area (Å²) in [7, 11) is -0.824. The van der Waals surface area contributed by atoms with E-state index < -0.39 is 15.7 Å². The third-order valence-corrected chi connectivity index (χ3v) is 3.57. The number of nitro benzene ring substituents is 1. The molecule has 0 aliphatic heterocycles. The second kappa shape index (κ2) is 7.84. The van der Waals surface area contributed by atoms with Gasteiger partial charge in [-0.05, 0) is 26.3 Å². The quantitative estimate of drug-likeness (QED) is 0.569. The maximum Gasteiger partial charge on any atom is 0.273 e. The van der Waals surface area contributed by atoms with Gasteiger partial charge in [-0.1, -0.05) is 0 Å². The van der Waals surface area contributed by atoms with E-state index in [1.54, 1.807) is 6.26 Å². The summed E-state index contributed by atoms with van der Waals surface area (Å²) in [5, 5.41) is 17.2. The van der Waals surface area contributed by atoms with E-state index in [1.165, 1.54) is 12.1 Å². The zero-order valence-electron chi connectivity index (χ0n) is 12.0. The summed E-state index contributed by atoms with van der Waals surface area (Å²) in [6.07, 6.45) is 2.42. The zero-order valence-corrected chi connectivity index (χ0v) is 12.8. The molecule has 6 nitrogen and oxygen atoms in total. The van der Waals surface area contributed by atoms with Gasteiger partial charge in [-0.3, -0.25) is 14.3 Å². The molecule has 0 aromatic heterocycles. The Morgan fingerprint density at radius 1 is 1.35 bits per heavy atom. The van der Waals surface area contributed by atoms with E-state index in [-0.39, 0.29) is 11.7 Å². The Morgan fingerprint density at radius 3 is 2.55 bits per heavy atom. The average molecular weight is 299 g/mol. The molecule has 0 bridgehead atoms. The van der Waals surface area contributed by atoms with Crippen molar-refractivity contribution in [3.8, 4) is 0 Å². The van der Waals surface area contributed by atoms with Gasteiger partial charge in [0.25, 0.3) is 5.69 Å². The van der Waals surface area contributed by atoms with Gasteiger partial charge in [0.1, 0.15) is 0 Å². The van der Waals surface area contributed by atoms with E-state index in [9.17, 15) is 14.3 Å².